The van der Waals surface area contributed by atoms with Crippen molar-refractivity contribution in [2.45, 2.75) is 13.5 Å². The van der Waals surface area contributed by atoms with E-state index in [0.717, 1.165) is 27.9 Å². The molecule has 0 saturated heterocycles. The molecule has 0 spiro atoms. The number of aromatic nitrogens is 1. The molecule has 0 bridgehead atoms. The maximum Gasteiger partial charge on any atom is 0.153 e. The average Bonchev–Trinajstić information content (AvgIpc) is 2.45. The molecule has 0 fully saturated rings. The number of para-hydroxylation sites is 1. The van der Waals surface area contributed by atoms with Crippen LogP contribution in [0.25, 0.3) is 0 Å². The maximum absolute atomic E-state index is 11.0. The Hall–Kier alpha value is -1.88. The molecule has 0 atom stereocenters. The lowest BCUT2D eigenvalue weighted by Gasteiger charge is -2.11. The van der Waals surface area contributed by atoms with Gasteiger partial charge in [0.25, 0.3) is 0 Å². The second kappa shape index (κ2) is 6.52. The molecule has 0 radical (unpaired) electrons. The fourth-order valence-electron chi connectivity index (χ4n) is 1.81. The lowest BCUT2D eigenvalue weighted by atomic mass is 10.2. The van der Waals surface area contributed by atoms with Gasteiger partial charge >= 0.3 is 0 Å². The zero-order chi connectivity index (χ0) is 14.5. The Bertz CT molecular complexity index is 629. The number of hydrogen-bond donors (Lipinski definition) is 0. The molecule has 2 aromatic rings. The van der Waals surface area contributed by atoms with E-state index in [1.165, 1.54) is 0 Å². The monoisotopic (exact) mass is 335 g/mol. The summed E-state index contributed by atoms with van der Waals surface area (Å²) in [5, 5.41) is 0. The average molecular weight is 336 g/mol. The number of ether oxygens (including phenoxy) is 2. The largest absolute Gasteiger partial charge is 0.497 e. The zero-order valence-electron chi connectivity index (χ0n) is 11.2. The number of hydrogen-bond acceptors (Lipinski definition) is 4. The van der Waals surface area contributed by atoms with Crippen LogP contribution in [0.15, 0.2) is 34.8 Å². The van der Waals surface area contributed by atoms with Crippen LogP contribution < -0.4 is 9.47 Å². The number of methoxy groups -OCH3 is 1. The highest BCUT2D eigenvalue weighted by atomic mass is 79.9. The number of aryl methyl sites for hydroxylation is 1. The highest BCUT2D eigenvalue weighted by Crippen LogP contribution is 2.28. The summed E-state index contributed by atoms with van der Waals surface area (Å²) in [5.74, 6) is 1.25. The summed E-state index contributed by atoms with van der Waals surface area (Å²) >= 11 is 3.38. The van der Waals surface area contributed by atoms with E-state index >= 15 is 0 Å². The van der Waals surface area contributed by atoms with Gasteiger partial charge in [-0.1, -0.05) is 6.07 Å². The lowest BCUT2D eigenvalue weighted by molar-refractivity contribution is 0.111. The van der Waals surface area contributed by atoms with E-state index in [2.05, 4.69) is 20.9 Å². The molecule has 0 aliphatic heterocycles. The topological polar surface area (TPSA) is 48.4 Å². The van der Waals surface area contributed by atoms with Crippen LogP contribution in [0.3, 0.4) is 0 Å². The Morgan fingerprint density at radius 2 is 2.15 bits per heavy atom. The van der Waals surface area contributed by atoms with Gasteiger partial charge in [0.05, 0.1) is 22.8 Å². The number of carbonyl (C=O) groups excluding carboxylic acids is 1. The first-order valence-electron chi connectivity index (χ1n) is 6.02. The molecule has 1 heterocycles. The number of aldehydes is 1. The van der Waals surface area contributed by atoms with E-state index in [1.54, 1.807) is 19.2 Å². The van der Waals surface area contributed by atoms with Crippen molar-refractivity contribution < 1.29 is 14.3 Å². The molecule has 0 amide bonds. The van der Waals surface area contributed by atoms with E-state index in [4.69, 9.17) is 9.47 Å². The van der Waals surface area contributed by atoms with Gasteiger partial charge in [-0.3, -0.25) is 9.78 Å². The highest BCUT2D eigenvalue weighted by Gasteiger charge is 2.09. The van der Waals surface area contributed by atoms with Crippen LogP contribution in [0.4, 0.5) is 0 Å². The SMILES string of the molecule is COc1cc(C)nc(COc2c(Br)cccc2C=O)c1. The third kappa shape index (κ3) is 3.36. The third-order valence-electron chi connectivity index (χ3n) is 2.70. The molecule has 1 aromatic carbocycles. The highest BCUT2D eigenvalue weighted by molar-refractivity contribution is 9.10. The maximum atomic E-state index is 11.0. The summed E-state index contributed by atoms with van der Waals surface area (Å²) in [4.78, 5) is 15.4. The van der Waals surface area contributed by atoms with Crippen molar-refractivity contribution in [1.82, 2.24) is 4.98 Å². The quantitative estimate of drug-likeness (QED) is 0.784. The molecule has 0 aliphatic carbocycles. The smallest absolute Gasteiger partial charge is 0.153 e. The number of pyridine rings is 1. The third-order valence-corrected chi connectivity index (χ3v) is 3.33. The molecule has 0 N–H and O–H groups in total. The minimum absolute atomic E-state index is 0.265. The number of halogens is 1. The van der Waals surface area contributed by atoms with E-state index in [-0.39, 0.29) is 6.61 Å². The minimum atomic E-state index is 0.265. The molecular formula is C15H14BrNO3. The Kier molecular flexibility index (Phi) is 4.74. The molecule has 0 aliphatic rings. The predicted molar refractivity (Wildman–Crippen MR) is 79.4 cm³/mol. The van der Waals surface area contributed by atoms with Crippen molar-refractivity contribution in [3.63, 3.8) is 0 Å². The molecule has 20 heavy (non-hydrogen) atoms. The fraction of sp³-hybridized carbons (Fsp3) is 0.200. The zero-order valence-corrected chi connectivity index (χ0v) is 12.8. The van der Waals surface area contributed by atoms with E-state index in [1.807, 2.05) is 25.1 Å². The van der Waals surface area contributed by atoms with Crippen LogP contribution in [0.2, 0.25) is 0 Å². The van der Waals surface area contributed by atoms with Gasteiger partial charge in [0.1, 0.15) is 18.1 Å². The first kappa shape index (κ1) is 14.5. The van der Waals surface area contributed by atoms with Gasteiger partial charge in [-0.05, 0) is 35.0 Å². The molecular weight excluding hydrogens is 322 g/mol. The Morgan fingerprint density at radius 3 is 2.85 bits per heavy atom. The van der Waals surface area contributed by atoms with Crippen LogP contribution >= 0.6 is 15.9 Å². The van der Waals surface area contributed by atoms with Gasteiger partial charge in [0.2, 0.25) is 0 Å². The van der Waals surface area contributed by atoms with E-state index < -0.39 is 0 Å². The summed E-state index contributed by atoms with van der Waals surface area (Å²) in [6.45, 7) is 2.16. The Labute approximate surface area is 125 Å². The summed E-state index contributed by atoms with van der Waals surface area (Å²) in [6, 6.07) is 8.97. The Morgan fingerprint density at radius 1 is 1.35 bits per heavy atom. The second-order valence-electron chi connectivity index (χ2n) is 4.20. The van der Waals surface area contributed by atoms with Crippen LogP contribution in [-0.4, -0.2) is 18.4 Å². The number of nitrogens with zero attached hydrogens (tertiary/aromatic N) is 1. The number of benzene rings is 1. The molecule has 5 heteroatoms. The van der Waals surface area contributed by atoms with Crippen LogP contribution in [0.1, 0.15) is 21.7 Å². The molecule has 0 saturated carbocycles. The Balaban J connectivity index is 2.21. The minimum Gasteiger partial charge on any atom is -0.497 e. The second-order valence-corrected chi connectivity index (χ2v) is 5.06. The van der Waals surface area contributed by atoms with Crippen molar-refractivity contribution >= 4 is 22.2 Å². The molecule has 1 aromatic heterocycles. The lowest BCUT2D eigenvalue weighted by Crippen LogP contribution is -2.02. The summed E-state index contributed by atoms with van der Waals surface area (Å²) < 4.78 is 11.6. The molecule has 104 valence electrons. The summed E-state index contributed by atoms with van der Waals surface area (Å²) in [5.41, 5.74) is 2.10. The summed E-state index contributed by atoms with van der Waals surface area (Å²) in [6.07, 6.45) is 0.768. The molecule has 0 unspecified atom stereocenters. The van der Waals surface area contributed by atoms with Gasteiger partial charge < -0.3 is 9.47 Å². The van der Waals surface area contributed by atoms with Crippen molar-refractivity contribution in [2.75, 3.05) is 7.11 Å². The van der Waals surface area contributed by atoms with Crippen molar-refractivity contribution in [2.24, 2.45) is 0 Å². The normalized spacial score (nSPS) is 10.2. The van der Waals surface area contributed by atoms with Gasteiger partial charge in [-0.25, -0.2) is 0 Å². The van der Waals surface area contributed by atoms with Crippen LogP contribution in [0.5, 0.6) is 11.5 Å². The first-order chi connectivity index (χ1) is 9.63. The number of rotatable bonds is 5. The first-order valence-corrected chi connectivity index (χ1v) is 6.81. The van der Waals surface area contributed by atoms with Crippen LogP contribution in [0, 0.1) is 6.92 Å². The van der Waals surface area contributed by atoms with Gasteiger partial charge in [-0.2, -0.15) is 0 Å². The summed E-state index contributed by atoms with van der Waals surface area (Å²) in [7, 11) is 1.61. The van der Waals surface area contributed by atoms with Crippen molar-refractivity contribution in [1.29, 1.82) is 0 Å². The number of carbonyl (C=O) groups is 1. The van der Waals surface area contributed by atoms with Crippen molar-refractivity contribution in [3.05, 3.63) is 51.8 Å². The van der Waals surface area contributed by atoms with Gasteiger partial charge in [0.15, 0.2) is 6.29 Å². The predicted octanol–water partition coefficient (Wildman–Crippen LogP) is 3.55. The van der Waals surface area contributed by atoms with Gasteiger partial charge in [0, 0.05) is 17.8 Å². The van der Waals surface area contributed by atoms with Gasteiger partial charge in [-0.15, -0.1) is 0 Å². The van der Waals surface area contributed by atoms with Crippen LogP contribution in [-0.2, 0) is 6.61 Å². The molecule has 4 nitrogen and oxygen atoms in total. The van der Waals surface area contributed by atoms with E-state index in [9.17, 15) is 4.79 Å². The fourth-order valence-corrected chi connectivity index (χ4v) is 2.31. The van der Waals surface area contributed by atoms with Crippen molar-refractivity contribution in [3.8, 4) is 11.5 Å². The standard InChI is InChI=1S/C15H14BrNO3/c1-10-6-13(19-2)7-12(17-10)9-20-15-11(8-18)4-3-5-14(15)16/h3-8H,9H2,1-2H3. The van der Waals surface area contributed by atoms with E-state index in [0.29, 0.717) is 11.3 Å². The molecule has 2 rings (SSSR count).